The number of carbonyl (C=O) groups is 1. The highest BCUT2D eigenvalue weighted by Gasteiger charge is 2.12. The summed E-state index contributed by atoms with van der Waals surface area (Å²) in [6.45, 7) is 1.40. The first-order valence-electron chi connectivity index (χ1n) is 5.55. The van der Waals surface area contributed by atoms with E-state index in [4.69, 9.17) is 4.74 Å². The zero-order valence-electron chi connectivity index (χ0n) is 9.95. The number of hydrogen-bond donors (Lipinski definition) is 0. The smallest absolute Gasteiger partial charge is 0.303 e. The predicted molar refractivity (Wildman–Crippen MR) is 73.4 cm³/mol. The van der Waals surface area contributed by atoms with Gasteiger partial charge in [-0.3, -0.25) is 9.79 Å². The van der Waals surface area contributed by atoms with E-state index in [1.165, 1.54) is 18.3 Å². The molecule has 0 spiro atoms. The molecule has 1 heterocycles. The zero-order valence-corrected chi connectivity index (χ0v) is 10.8. The fourth-order valence-electron chi connectivity index (χ4n) is 1.46. The van der Waals surface area contributed by atoms with Gasteiger partial charge in [0.05, 0.1) is 16.8 Å². The summed E-state index contributed by atoms with van der Waals surface area (Å²) in [4.78, 5) is 16.4. The Morgan fingerprint density at radius 1 is 1.28 bits per heavy atom. The number of esters is 1. The van der Waals surface area contributed by atoms with Gasteiger partial charge >= 0.3 is 5.97 Å². The van der Waals surface area contributed by atoms with Crippen molar-refractivity contribution >= 4 is 29.2 Å². The fraction of sp³-hybridized carbons (Fsp3) is 0.143. The van der Waals surface area contributed by atoms with Crippen molar-refractivity contribution in [2.24, 2.45) is 4.99 Å². The number of aliphatic imine (C=N–C) groups is 1. The fourth-order valence-corrected chi connectivity index (χ4v) is 2.18. The van der Waals surface area contributed by atoms with Crippen molar-refractivity contribution in [2.45, 2.75) is 13.0 Å². The summed E-state index contributed by atoms with van der Waals surface area (Å²) in [5, 5.41) is 1.95. The lowest BCUT2D eigenvalue weighted by atomic mass is 10.3. The molecule has 1 unspecified atom stereocenters. The lowest BCUT2D eigenvalue weighted by Gasteiger charge is -2.10. The van der Waals surface area contributed by atoms with E-state index < -0.39 is 6.10 Å². The lowest BCUT2D eigenvalue weighted by Crippen LogP contribution is -2.08. The Morgan fingerprint density at radius 2 is 2.06 bits per heavy atom. The first-order chi connectivity index (χ1) is 8.75. The van der Waals surface area contributed by atoms with Gasteiger partial charge in [0.2, 0.25) is 0 Å². The number of ether oxygens (including phenoxy) is 1. The molecule has 3 nitrogen and oxygen atoms in total. The van der Waals surface area contributed by atoms with Gasteiger partial charge < -0.3 is 4.74 Å². The maximum atomic E-state index is 11.1. The van der Waals surface area contributed by atoms with E-state index in [1.54, 1.807) is 6.21 Å². The molecule has 0 fully saturated rings. The van der Waals surface area contributed by atoms with Gasteiger partial charge in [0.1, 0.15) is 0 Å². The molecule has 18 heavy (non-hydrogen) atoms. The van der Waals surface area contributed by atoms with E-state index in [2.05, 4.69) is 4.99 Å². The highest BCUT2D eigenvalue weighted by atomic mass is 32.1. The van der Waals surface area contributed by atoms with Crippen LogP contribution in [-0.4, -0.2) is 12.2 Å². The molecule has 4 heteroatoms. The molecule has 0 bridgehead atoms. The van der Waals surface area contributed by atoms with Crippen molar-refractivity contribution in [3.8, 4) is 0 Å². The standard InChI is InChI=1S/C14H13NO2S/c1-11(16)17-13(14-8-5-9-18-14)10-15-12-6-3-2-4-7-12/h2-10,13H,1H3. The Balaban J connectivity index is 2.15. The van der Waals surface area contributed by atoms with Crippen LogP contribution in [0.3, 0.4) is 0 Å². The van der Waals surface area contributed by atoms with Crippen LogP contribution in [0.2, 0.25) is 0 Å². The van der Waals surface area contributed by atoms with Gasteiger partial charge in [-0.05, 0) is 23.6 Å². The Kier molecular flexibility index (Phi) is 4.25. The van der Waals surface area contributed by atoms with Crippen molar-refractivity contribution in [2.75, 3.05) is 0 Å². The molecule has 0 N–H and O–H groups in total. The quantitative estimate of drug-likeness (QED) is 0.619. The van der Waals surface area contributed by atoms with Gasteiger partial charge in [-0.1, -0.05) is 24.3 Å². The van der Waals surface area contributed by atoms with Crippen LogP contribution < -0.4 is 0 Å². The minimum absolute atomic E-state index is 0.312. The Labute approximate surface area is 110 Å². The topological polar surface area (TPSA) is 38.7 Å². The van der Waals surface area contributed by atoms with Crippen molar-refractivity contribution in [1.29, 1.82) is 0 Å². The van der Waals surface area contributed by atoms with Gasteiger partial charge in [0.15, 0.2) is 6.10 Å². The number of nitrogens with zero attached hydrogens (tertiary/aromatic N) is 1. The molecule has 1 atom stereocenters. The molecule has 0 amide bonds. The molecule has 1 aromatic heterocycles. The zero-order chi connectivity index (χ0) is 12.8. The number of thiophene rings is 1. The molecule has 92 valence electrons. The largest absolute Gasteiger partial charge is 0.451 e. The molecule has 0 aliphatic rings. The maximum absolute atomic E-state index is 11.1. The number of rotatable bonds is 4. The number of carbonyl (C=O) groups excluding carboxylic acids is 1. The Bertz CT molecular complexity index is 520. The third kappa shape index (κ3) is 3.53. The van der Waals surface area contributed by atoms with Crippen LogP contribution in [0.25, 0.3) is 0 Å². The molecule has 0 saturated carbocycles. The summed E-state index contributed by atoms with van der Waals surface area (Å²) in [6.07, 6.45) is 1.24. The highest BCUT2D eigenvalue weighted by molar-refractivity contribution is 7.10. The van der Waals surface area contributed by atoms with E-state index in [0.717, 1.165) is 10.6 Å². The van der Waals surface area contributed by atoms with Crippen molar-refractivity contribution in [3.63, 3.8) is 0 Å². The van der Waals surface area contributed by atoms with Gasteiger partial charge in [0, 0.05) is 6.92 Å². The van der Waals surface area contributed by atoms with Crippen molar-refractivity contribution in [1.82, 2.24) is 0 Å². The molecular formula is C14H13NO2S. The normalized spacial score (nSPS) is 12.5. The summed E-state index contributed by atoms with van der Waals surface area (Å²) in [5.41, 5.74) is 0.839. The summed E-state index contributed by atoms with van der Waals surface area (Å²) in [5.74, 6) is -0.312. The molecule has 0 aliphatic heterocycles. The average Bonchev–Trinajstić information content (AvgIpc) is 2.89. The number of para-hydroxylation sites is 1. The molecular weight excluding hydrogens is 246 g/mol. The van der Waals surface area contributed by atoms with Crippen LogP contribution in [0.5, 0.6) is 0 Å². The van der Waals surface area contributed by atoms with Crippen LogP contribution >= 0.6 is 11.3 Å². The summed E-state index contributed by atoms with van der Waals surface area (Å²) in [6, 6.07) is 13.4. The average molecular weight is 259 g/mol. The lowest BCUT2D eigenvalue weighted by molar-refractivity contribution is -0.143. The monoisotopic (exact) mass is 259 g/mol. The Morgan fingerprint density at radius 3 is 2.67 bits per heavy atom. The van der Waals surface area contributed by atoms with Gasteiger partial charge in [0.25, 0.3) is 0 Å². The van der Waals surface area contributed by atoms with Crippen LogP contribution in [0.15, 0.2) is 52.8 Å². The predicted octanol–water partition coefficient (Wildman–Crippen LogP) is 3.75. The summed E-state index contributed by atoms with van der Waals surface area (Å²) >= 11 is 1.54. The van der Waals surface area contributed by atoms with Crippen LogP contribution in [0, 0.1) is 0 Å². The van der Waals surface area contributed by atoms with E-state index in [9.17, 15) is 4.79 Å². The van der Waals surface area contributed by atoms with Crippen LogP contribution in [-0.2, 0) is 9.53 Å². The van der Waals surface area contributed by atoms with Gasteiger partial charge in [-0.25, -0.2) is 0 Å². The number of hydrogen-bond acceptors (Lipinski definition) is 4. The van der Waals surface area contributed by atoms with Gasteiger partial charge in [-0.15, -0.1) is 11.3 Å². The third-order valence-corrected chi connectivity index (χ3v) is 3.17. The first kappa shape index (κ1) is 12.5. The maximum Gasteiger partial charge on any atom is 0.303 e. The van der Waals surface area contributed by atoms with Crippen LogP contribution in [0.1, 0.15) is 17.9 Å². The van der Waals surface area contributed by atoms with E-state index in [1.807, 2.05) is 47.8 Å². The van der Waals surface area contributed by atoms with Crippen molar-refractivity contribution < 1.29 is 9.53 Å². The second kappa shape index (κ2) is 6.12. The minimum atomic E-state index is -0.414. The summed E-state index contributed by atoms with van der Waals surface area (Å²) in [7, 11) is 0. The second-order valence-electron chi connectivity index (χ2n) is 3.66. The van der Waals surface area contributed by atoms with E-state index in [-0.39, 0.29) is 5.97 Å². The van der Waals surface area contributed by atoms with E-state index in [0.29, 0.717) is 0 Å². The molecule has 2 rings (SSSR count). The van der Waals surface area contributed by atoms with Crippen molar-refractivity contribution in [3.05, 3.63) is 52.7 Å². The minimum Gasteiger partial charge on any atom is -0.451 e. The molecule has 0 radical (unpaired) electrons. The third-order valence-electron chi connectivity index (χ3n) is 2.23. The van der Waals surface area contributed by atoms with Gasteiger partial charge in [-0.2, -0.15) is 0 Å². The van der Waals surface area contributed by atoms with Crippen LogP contribution in [0.4, 0.5) is 5.69 Å². The summed E-state index contributed by atoms with van der Waals surface area (Å²) < 4.78 is 5.24. The first-order valence-corrected chi connectivity index (χ1v) is 6.43. The Hall–Kier alpha value is -1.94. The molecule has 0 aliphatic carbocycles. The highest BCUT2D eigenvalue weighted by Crippen LogP contribution is 2.22. The second-order valence-corrected chi connectivity index (χ2v) is 4.64. The molecule has 0 saturated heterocycles. The number of benzene rings is 1. The SMILES string of the molecule is CC(=O)OC(C=Nc1ccccc1)c1cccs1. The van der Waals surface area contributed by atoms with E-state index >= 15 is 0 Å². The molecule has 2 aromatic rings. The molecule has 1 aromatic carbocycles.